The van der Waals surface area contributed by atoms with E-state index in [9.17, 15) is 14.8 Å². The number of carboxylic acids is 1. The van der Waals surface area contributed by atoms with Gasteiger partial charge < -0.3 is 15.6 Å². The zero-order valence-corrected chi connectivity index (χ0v) is 13.6. The molecule has 0 amide bonds. The van der Waals surface area contributed by atoms with Crippen LogP contribution >= 0.6 is 0 Å². The van der Waals surface area contributed by atoms with Gasteiger partial charge in [-0.3, -0.25) is 10.0 Å². The fraction of sp³-hybridized carbons (Fsp3) is 0.438. The third-order valence-corrected chi connectivity index (χ3v) is 3.32. The van der Waals surface area contributed by atoms with Gasteiger partial charge in [-0.2, -0.15) is 0 Å². The Balaban J connectivity index is 2.27. The number of carbonyl (C=O) groups excluding carboxylic acids is 1. The number of aliphatic imine (C=N–C) groups is 1. The van der Waals surface area contributed by atoms with E-state index in [4.69, 9.17) is 15.6 Å². The fourth-order valence-corrected chi connectivity index (χ4v) is 1.83. The third-order valence-electron chi connectivity index (χ3n) is 3.32. The number of unbranched alkanes of at least 4 members (excludes halogenated alkanes) is 1. The summed E-state index contributed by atoms with van der Waals surface area (Å²) in [6.07, 6.45) is 1.48. The summed E-state index contributed by atoms with van der Waals surface area (Å²) in [5.41, 5.74) is 5.82. The maximum Gasteiger partial charge on any atom is 0.339 e. The summed E-state index contributed by atoms with van der Waals surface area (Å²) in [4.78, 5) is 26.2. The minimum Gasteiger partial charge on any atom is -0.480 e. The van der Waals surface area contributed by atoms with E-state index in [1.54, 1.807) is 37.3 Å². The second-order valence-electron chi connectivity index (χ2n) is 5.20. The smallest absolute Gasteiger partial charge is 0.339 e. The van der Waals surface area contributed by atoms with Crippen LogP contribution < -0.4 is 5.73 Å². The number of nitrogens with two attached hydrogens (primary N) is 1. The Labute approximate surface area is 140 Å². The number of ether oxygens (including phenoxy) is 1. The van der Waals surface area contributed by atoms with E-state index < -0.39 is 18.0 Å². The molecule has 0 fully saturated rings. The Morgan fingerprint density at radius 3 is 2.58 bits per heavy atom. The van der Waals surface area contributed by atoms with Crippen LogP contribution in [-0.2, 0) is 9.53 Å². The third kappa shape index (κ3) is 7.21. The summed E-state index contributed by atoms with van der Waals surface area (Å²) in [6, 6.07) is 7.65. The molecule has 1 atom stereocenters. The molecule has 0 heterocycles. The molecule has 1 rings (SSSR count). The van der Waals surface area contributed by atoms with Crippen LogP contribution in [0.25, 0.3) is 0 Å². The van der Waals surface area contributed by atoms with Gasteiger partial charge in [0.25, 0.3) is 0 Å². The van der Waals surface area contributed by atoms with E-state index >= 15 is 0 Å². The number of carboxylic acid groups (broad SMARTS) is 1. The van der Waals surface area contributed by atoms with Crippen LogP contribution in [0.2, 0.25) is 0 Å². The molecule has 0 aliphatic rings. The number of hydrogen-bond donors (Lipinski definition) is 3. The van der Waals surface area contributed by atoms with Crippen LogP contribution in [0.15, 0.2) is 35.3 Å². The largest absolute Gasteiger partial charge is 0.480 e. The zero-order valence-electron chi connectivity index (χ0n) is 13.6. The van der Waals surface area contributed by atoms with Gasteiger partial charge in [0.2, 0.25) is 0 Å². The lowest BCUT2D eigenvalue weighted by Crippen LogP contribution is -2.30. The van der Waals surface area contributed by atoms with Gasteiger partial charge in [0.05, 0.1) is 5.56 Å². The lowest BCUT2D eigenvalue weighted by atomic mass is 10.1. The average Bonchev–Trinajstić information content (AvgIpc) is 2.58. The molecule has 0 spiro atoms. The van der Waals surface area contributed by atoms with Crippen molar-refractivity contribution < 1.29 is 24.6 Å². The first-order valence-corrected chi connectivity index (χ1v) is 7.60. The Hall–Kier alpha value is -2.45. The highest BCUT2D eigenvalue weighted by atomic mass is 16.5. The average molecular weight is 337 g/mol. The Bertz CT molecular complexity index is 562. The van der Waals surface area contributed by atoms with E-state index in [1.165, 1.54) is 0 Å². The molecule has 4 N–H and O–H groups in total. The number of benzene rings is 1. The number of carbonyl (C=O) groups is 2. The van der Waals surface area contributed by atoms with Crippen LogP contribution in [-0.4, -0.2) is 52.5 Å². The van der Waals surface area contributed by atoms with Crippen LogP contribution in [0, 0.1) is 0 Å². The van der Waals surface area contributed by atoms with Crippen molar-refractivity contribution >= 4 is 17.8 Å². The Morgan fingerprint density at radius 2 is 1.96 bits per heavy atom. The van der Waals surface area contributed by atoms with Gasteiger partial charge in [0.1, 0.15) is 11.9 Å². The van der Waals surface area contributed by atoms with Crippen molar-refractivity contribution in [2.75, 3.05) is 13.3 Å². The number of esters is 1. The molecule has 0 saturated carbocycles. The van der Waals surface area contributed by atoms with Crippen LogP contribution in [0.5, 0.6) is 0 Å². The molecule has 1 aromatic carbocycles. The second-order valence-corrected chi connectivity index (χ2v) is 5.20. The van der Waals surface area contributed by atoms with Gasteiger partial charge in [0, 0.05) is 6.54 Å². The van der Waals surface area contributed by atoms with Crippen molar-refractivity contribution in [3.8, 4) is 0 Å². The molecule has 8 nitrogen and oxygen atoms in total. The predicted octanol–water partition coefficient (Wildman–Crippen LogP) is 1.49. The van der Waals surface area contributed by atoms with Gasteiger partial charge in [-0.15, -0.1) is 0 Å². The van der Waals surface area contributed by atoms with E-state index in [2.05, 4.69) is 4.99 Å². The molecule has 0 aliphatic heterocycles. The zero-order chi connectivity index (χ0) is 17.9. The predicted molar refractivity (Wildman–Crippen MR) is 87.8 cm³/mol. The topological polar surface area (TPSA) is 125 Å². The molecule has 1 aromatic rings. The molecular formula is C16H23N3O5. The molecule has 0 saturated heterocycles. The first-order valence-electron chi connectivity index (χ1n) is 7.60. The van der Waals surface area contributed by atoms with Gasteiger partial charge in [-0.25, -0.2) is 14.9 Å². The quantitative estimate of drug-likeness (QED) is 0.205. The molecule has 1 unspecified atom stereocenters. The van der Waals surface area contributed by atoms with E-state index in [0.717, 1.165) is 5.06 Å². The van der Waals surface area contributed by atoms with Crippen molar-refractivity contribution in [2.45, 2.75) is 32.2 Å². The molecule has 24 heavy (non-hydrogen) atoms. The first kappa shape index (κ1) is 19.6. The lowest BCUT2D eigenvalue weighted by molar-refractivity contribution is -0.138. The number of hydroxylamine groups is 2. The summed E-state index contributed by atoms with van der Waals surface area (Å²) in [5.74, 6) is -1.22. The highest BCUT2D eigenvalue weighted by Gasteiger charge is 2.11. The van der Waals surface area contributed by atoms with Crippen molar-refractivity contribution in [1.29, 1.82) is 0 Å². The highest BCUT2D eigenvalue weighted by Crippen LogP contribution is 2.03. The molecule has 0 radical (unpaired) electrons. The maximum atomic E-state index is 11.7. The fourth-order valence-electron chi connectivity index (χ4n) is 1.83. The summed E-state index contributed by atoms with van der Waals surface area (Å²) in [6.45, 7) is 1.67. The lowest BCUT2D eigenvalue weighted by Gasteiger charge is -2.16. The van der Waals surface area contributed by atoms with Crippen molar-refractivity contribution in [3.05, 3.63) is 35.9 Å². The molecule has 8 heteroatoms. The van der Waals surface area contributed by atoms with E-state index in [0.29, 0.717) is 30.7 Å². The minimum atomic E-state index is -1.03. The van der Waals surface area contributed by atoms with Gasteiger partial charge in [-0.05, 0) is 38.3 Å². The number of rotatable bonds is 9. The summed E-state index contributed by atoms with van der Waals surface area (Å²) < 4.78 is 4.99. The second kappa shape index (κ2) is 10.3. The SMILES string of the molecule is C/C(=N\COC(=O)c1ccccc1)N(O)CCCCC(N)C(=O)O. The van der Waals surface area contributed by atoms with Gasteiger partial charge in [0.15, 0.2) is 6.73 Å². The molecule has 132 valence electrons. The van der Waals surface area contributed by atoms with Crippen LogP contribution in [0.1, 0.15) is 36.5 Å². The van der Waals surface area contributed by atoms with Crippen LogP contribution in [0.4, 0.5) is 0 Å². The number of nitrogens with zero attached hydrogens (tertiary/aromatic N) is 2. The molecule has 0 aliphatic carbocycles. The number of hydrogen-bond acceptors (Lipinski definition) is 6. The number of aliphatic carboxylic acids is 1. The van der Waals surface area contributed by atoms with E-state index in [-0.39, 0.29) is 13.3 Å². The van der Waals surface area contributed by atoms with Crippen molar-refractivity contribution in [3.63, 3.8) is 0 Å². The summed E-state index contributed by atoms with van der Waals surface area (Å²) >= 11 is 0. The molecular weight excluding hydrogens is 314 g/mol. The van der Waals surface area contributed by atoms with E-state index in [1.807, 2.05) is 0 Å². The summed E-state index contributed by atoms with van der Waals surface area (Å²) in [7, 11) is 0. The Kier molecular flexibility index (Phi) is 8.45. The van der Waals surface area contributed by atoms with Crippen molar-refractivity contribution in [1.82, 2.24) is 5.06 Å². The van der Waals surface area contributed by atoms with Crippen molar-refractivity contribution in [2.24, 2.45) is 10.7 Å². The first-order chi connectivity index (χ1) is 11.4. The number of amidine groups is 1. The normalized spacial score (nSPS) is 12.5. The van der Waals surface area contributed by atoms with Gasteiger partial charge >= 0.3 is 11.9 Å². The highest BCUT2D eigenvalue weighted by molar-refractivity contribution is 5.89. The minimum absolute atomic E-state index is 0.194. The maximum absolute atomic E-state index is 11.7. The van der Waals surface area contributed by atoms with Crippen LogP contribution in [0.3, 0.4) is 0 Å². The molecule has 0 aromatic heterocycles. The standard InChI is InChI=1S/C16H23N3O5/c1-12(19(23)10-6-5-9-14(17)15(20)21)18-11-24-16(22)13-7-3-2-4-8-13/h2-4,7-8,14,23H,5-6,9-11,17H2,1H3,(H,20,21)/b18-12+. The monoisotopic (exact) mass is 337 g/mol. The Morgan fingerprint density at radius 1 is 1.29 bits per heavy atom. The summed E-state index contributed by atoms with van der Waals surface area (Å²) in [5, 5.41) is 19.4. The molecule has 0 bridgehead atoms. The van der Waals surface area contributed by atoms with Gasteiger partial charge in [-0.1, -0.05) is 18.2 Å².